The molecule has 30 heavy (non-hydrogen) atoms. The van der Waals surface area contributed by atoms with Gasteiger partial charge in [-0.05, 0) is 36.4 Å². The minimum atomic E-state index is -0.417. The standard InChI is InChI=1S/C22H17FN2O4S/c23-16-6-8-19(9-7-16)27-13-20-24-18(14-30-20)12-28-21(26)10-17-11-29-22(25-17)15-4-2-1-3-5-15/h1-9,11,14H,10,12-13H2. The highest BCUT2D eigenvalue weighted by molar-refractivity contribution is 7.09. The third kappa shape index (κ3) is 5.30. The molecule has 0 N–H and O–H groups in total. The fourth-order valence-electron chi connectivity index (χ4n) is 2.61. The van der Waals surface area contributed by atoms with E-state index < -0.39 is 5.97 Å². The van der Waals surface area contributed by atoms with E-state index >= 15 is 0 Å². The van der Waals surface area contributed by atoms with Gasteiger partial charge in [0, 0.05) is 10.9 Å². The fraction of sp³-hybridized carbons (Fsp3) is 0.136. The zero-order valence-electron chi connectivity index (χ0n) is 15.8. The number of benzene rings is 2. The second kappa shape index (κ2) is 9.32. The number of nitrogens with zero attached hydrogens (tertiary/aromatic N) is 2. The number of hydrogen-bond acceptors (Lipinski definition) is 7. The van der Waals surface area contributed by atoms with Gasteiger partial charge in [0.25, 0.3) is 0 Å². The van der Waals surface area contributed by atoms with E-state index in [1.807, 2.05) is 30.3 Å². The molecule has 0 aliphatic carbocycles. The lowest BCUT2D eigenvalue weighted by Gasteiger charge is -2.03. The van der Waals surface area contributed by atoms with E-state index in [4.69, 9.17) is 13.9 Å². The monoisotopic (exact) mass is 424 g/mol. The van der Waals surface area contributed by atoms with Gasteiger partial charge in [-0.2, -0.15) is 0 Å². The number of aromatic nitrogens is 2. The van der Waals surface area contributed by atoms with Gasteiger partial charge in [-0.25, -0.2) is 14.4 Å². The van der Waals surface area contributed by atoms with Crippen molar-refractivity contribution in [2.45, 2.75) is 19.6 Å². The Hall–Kier alpha value is -3.52. The van der Waals surface area contributed by atoms with Gasteiger partial charge in [0.1, 0.15) is 36.1 Å². The predicted molar refractivity (Wildman–Crippen MR) is 108 cm³/mol. The van der Waals surface area contributed by atoms with Crippen molar-refractivity contribution in [3.05, 3.63) is 88.5 Å². The molecule has 0 amide bonds. The zero-order valence-corrected chi connectivity index (χ0v) is 16.6. The van der Waals surface area contributed by atoms with E-state index in [0.717, 1.165) is 10.6 Å². The number of carbonyl (C=O) groups is 1. The highest BCUT2D eigenvalue weighted by atomic mass is 32.1. The molecule has 8 heteroatoms. The summed E-state index contributed by atoms with van der Waals surface area (Å²) in [7, 11) is 0. The lowest BCUT2D eigenvalue weighted by Crippen LogP contribution is -2.08. The fourth-order valence-corrected chi connectivity index (χ4v) is 3.30. The third-order valence-electron chi connectivity index (χ3n) is 4.05. The normalized spacial score (nSPS) is 10.7. The van der Waals surface area contributed by atoms with Gasteiger partial charge in [0.05, 0.1) is 17.8 Å². The summed E-state index contributed by atoms with van der Waals surface area (Å²) >= 11 is 1.40. The van der Waals surface area contributed by atoms with Crippen molar-refractivity contribution in [2.75, 3.05) is 0 Å². The van der Waals surface area contributed by atoms with Crippen LogP contribution in [0.5, 0.6) is 5.75 Å². The van der Waals surface area contributed by atoms with Gasteiger partial charge in [-0.15, -0.1) is 11.3 Å². The minimum absolute atomic E-state index is 0.0149. The number of hydrogen-bond donors (Lipinski definition) is 0. The van der Waals surface area contributed by atoms with Crippen LogP contribution in [0.1, 0.15) is 16.4 Å². The van der Waals surface area contributed by atoms with Gasteiger partial charge in [0.15, 0.2) is 0 Å². The summed E-state index contributed by atoms with van der Waals surface area (Å²) in [5, 5.41) is 2.54. The average molecular weight is 424 g/mol. The van der Waals surface area contributed by atoms with Crippen LogP contribution in [0.25, 0.3) is 11.5 Å². The van der Waals surface area contributed by atoms with Crippen molar-refractivity contribution in [3.8, 4) is 17.2 Å². The lowest BCUT2D eigenvalue weighted by molar-refractivity contribution is -0.144. The summed E-state index contributed by atoms with van der Waals surface area (Å²) in [6.07, 6.45) is 1.47. The van der Waals surface area contributed by atoms with Crippen LogP contribution < -0.4 is 4.74 Å². The maximum atomic E-state index is 12.9. The van der Waals surface area contributed by atoms with E-state index in [9.17, 15) is 9.18 Å². The van der Waals surface area contributed by atoms with Gasteiger partial charge < -0.3 is 13.9 Å². The van der Waals surface area contributed by atoms with Crippen LogP contribution >= 0.6 is 11.3 Å². The Kier molecular flexibility index (Phi) is 6.14. The van der Waals surface area contributed by atoms with Crippen molar-refractivity contribution in [1.82, 2.24) is 9.97 Å². The number of oxazole rings is 1. The number of ether oxygens (including phenoxy) is 2. The summed E-state index contributed by atoms with van der Waals surface area (Å²) in [4.78, 5) is 20.8. The number of carbonyl (C=O) groups excluding carboxylic acids is 1. The molecule has 0 aliphatic rings. The molecule has 152 valence electrons. The minimum Gasteiger partial charge on any atom is -0.486 e. The first kappa shape index (κ1) is 19.8. The number of thiazole rings is 1. The van der Waals surface area contributed by atoms with Crippen LogP contribution in [0.2, 0.25) is 0 Å². The summed E-state index contributed by atoms with van der Waals surface area (Å²) in [5.74, 6) is 0.286. The smallest absolute Gasteiger partial charge is 0.312 e. The highest BCUT2D eigenvalue weighted by Gasteiger charge is 2.12. The predicted octanol–water partition coefficient (Wildman–Crippen LogP) is 4.80. The molecule has 0 aliphatic heterocycles. The third-order valence-corrected chi connectivity index (χ3v) is 4.93. The second-order valence-corrected chi connectivity index (χ2v) is 7.27. The van der Waals surface area contributed by atoms with Crippen molar-refractivity contribution >= 4 is 17.3 Å². The van der Waals surface area contributed by atoms with Crippen LogP contribution in [0.4, 0.5) is 4.39 Å². The Morgan fingerprint density at radius 3 is 2.60 bits per heavy atom. The highest BCUT2D eigenvalue weighted by Crippen LogP contribution is 2.19. The van der Waals surface area contributed by atoms with E-state index in [1.54, 1.807) is 17.5 Å². The van der Waals surface area contributed by atoms with Crippen LogP contribution in [-0.4, -0.2) is 15.9 Å². The molecule has 2 heterocycles. The summed E-state index contributed by atoms with van der Waals surface area (Å²) < 4.78 is 29.2. The van der Waals surface area contributed by atoms with Gasteiger partial charge >= 0.3 is 5.97 Å². The van der Waals surface area contributed by atoms with Crippen LogP contribution in [-0.2, 0) is 29.2 Å². The molecule has 4 aromatic rings. The first-order valence-corrected chi connectivity index (χ1v) is 10.0. The molecule has 0 spiro atoms. The number of halogens is 1. The van der Waals surface area contributed by atoms with E-state index in [2.05, 4.69) is 9.97 Å². The van der Waals surface area contributed by atoms with Gasteiger partial charge in [-0.3, -0.25) is 4.79 Å². The molecule has 0 saturated carbocycles. The summed E-state index contributed by atoms with van der Waals surface area (Å²) in [6.45, 7) is 0.320. The Morgan fingerprint density at radius 2 is 1.80 bits per heavy atom. The Morgan fingerprint density at radius 1 is 1.00 bits per heavy atom. The summed E-state index contributed by atoms with van der Waals surface area (Å²) in [6, 6.07) is 15.2. The number of esters is 1. The van der Waals surface area contributed by atoms with Crippen molar-refractivity contribution in [1.29, 1.82) is 0 Å². The van der Waals surface area contributed by atoms with Crippen molar-refractivity contribution in [2.24, 2.45) is 0 Å². The molecule has 0 unspecified atom stereocenters. The summed E-state index contributed by atoms with van der Waals surface area (Å²) in [5.41, 5.74) is 1.98. The molecule has 6 nitrogen and oxygen atoms in total. The molecule has 4 rings (SSSR count). The Labute approximate surface area is 175 Å². The largest absolute Gasteiger partial charge is 0.486 e. The first-order chi connectivity index (χ1) is 14.7. The van der Waals surface area contributed by atoms with Crippen LogP contribution in [0, 0.1) is 5.82 Å². The SMILES string of the molecule is O=C(Cc1coc(-c2ccccc2)n1)OCc1csc(COc2ccc(F)cc2)n1. The van der Waals surface area contributed by atoms with Crippen LogP contribution in [0.3, 0.4) is 0 Å². The topological polar surface area (TPSA) is 74.5 Å². The second-order valence-electron chi connectivity index (χ2n) is 6.32. The molecule has 2 aromatic heterocycles. The van der Waals surface area contributed by atoms with E-state index in [1.165, 1.54) is 29.7 Å². The molecule has 0 atom stereocenters. The molecule has 0 radical (unpaired) electrons. The Bertz CT molecular complexity index is 1110. The maximum absolute atomic E-state index is 12.9. The quantitative estimate of drug-likeness (QED) is 0.378. The molecule has 0 fully saturated rings. The molecule has 2 aromatic carbocycles. The van der Waals surface area contributed by atoms with Crippen molar-refractivity contribution in [3.63, 3.8) is 0 Å². The average Bonchev–Trinajstić information content (AvgIpc) is 3.42. The zero-order chi connectivity index (χ0) is 20.8. The van der Waals surface area contributed by atoms with Crippen molar-refractivity contribution < 1.29 is 23.1 Å². The molecular formula is C22H17FN2O4S. The van der Waals surface area contributed by atoms with Gasteiger partial charge in [0.2, 0.25) is 5.89 Å². The lowest BCUT2D eigenvalue weighted by atomic mass is 10.2. The van der Waals surface area contributed by atoms with Gasteiger partial charge in [-0.1, -0.05) is 18.2 Å². The number of rotatable bonds is 8. The molecule has 0 bridgehead atoms. The molecular weight excluding hydrogens is 407 g/mol. The van der Waals surface area contributed by atoms with E-state index in [0.29, 0.717) is 23.0 Å². The maximum Gasteiger partial charge on any atom is 0.312 e. The first-order valence-electron chi connectivity index (χ1n) is 9.13. The van der Waals surface area contributed by atoms with Crippen LogP contribution in [0.15, 0.2) is 70.7 Å². The Balaban J connectivity index is 1.24. The molecule has 0 saturated heterocycles. The van der Waals surface area contributed by atoms with E-state index in [-0.39, 0.29) is 25.5 Å².